The zero-order valence-corrected chi connectivity index (χ0v) is 14.1. The molecule has 0 unspecified atom stereocenters. The molecule has 4 heteroatoms. The monoisotopic (exact) mass is 321 g/mol. The lowest BCUT2D eigenvalue weighted by molar-refractivity contribution is 0.139. The molecule has 0 fully saturated rings. The number of unbranched alkanes of at least 4 members (excludes halogenated alkanes) is 2. The molecule has 2 aromatic carbocycles. The molecule has 0 aliphatic rings. The largest absolute Gasteiger partial charge is 0.396 e. The Morgan fingerprint density at radius 3 is 2.79 bits per heavy atom. The molecule has 4 nitrogen and oxygen atoms in total. The third kappa shape index (κ3) is 4.22. The molecule has 0 radical (unpaired) electrons. The van der Waals surface area contributed by atoms with Gasteiger partial charge in [-0.1, -0.05) is 61.3 Å². The van der Waals surface area contributed by atoms with Crippen molar-refractivity contribution < 1.29 is 4.84 Å². The van der Waals surface area contributed by atoms with Crippen LogP contribution in [0, 0.1) is 0 Å². The van der Waals surface area contributed by atoms with Gasteiger partial charge in [-0.3, -0.25) is 0 Å². The molecule has 0 bridgehead atoms. The number of benzene rings is 2. The molecule has 3 aromatic rings. The Kier molecular flexibility index (Phi) is 5.61. The van der Waals surface area contributed by atoms with Gasteiger partial charge in [-0.05, 0) is 23.3 Å². The second-order valence-corrected chi connectivity index (χ2v) is 5.88. The molecule has 24 heavy (non-hydrogen) atoms. The summed E-state index contributed by atoms with van der Waals surface area (Å²) >= 11 is 0. The summed E-state index contributed by atoms with van der Waals surface area (Å²) in [6.07, 6.45) is 8.90. The van der Waals surface area contributed by atoms with E-state index in [-0.39, 0.29) is 0 Å². The van der Waals surface area contributed by atoms with Gasteiger partial charge in [0.15, 0.2) is 0 Å². The van der Waals surface area contributed by atoms with Crippen LogP contribution in [0.3, 0.4) is 0 Å². The van der Waals surface area contributed by atoms with Crippen molar-refractivity contribution in [2.75, 3.05) is 6.61 Å². The highest BCUT2D eigenvalue weighted by atomic mass is 16.6. The minimum Gasteiger partial charge on any atom is -0.396 e. The second-order valence-electron chi connectivity index (χ2n) is 5.88. The summed E-state index contributed by atoms with van der Waals surface area (Å²) in [6, 6.07) is 14.8. The first-order chi connectivity index (χ1) is 11.9. The number of rotatable bonds is 8. The van der Waals surface area contributed by atoms with E-state index in [1.807, 2.05) is 10.8 Å². The molecule has 0 saturated heterocycles. The SMILES string of the molecule is CCCCCO/N=C(\Cn1ccnc1)c1ccc2ccccc2c1. The summed E-state index contributed by atoms with van der Waals surface area (Å²) < 4.78 is 2.00. The molecule has 0 N–H and O–H groups in total. The highest BCUT2D eigenvalue weighted by molar-refractivity contribution is 6.03. The predicted octanol–water partition coefficient (Wildman–Crippen LogP) is 4.65. The van der Waals surface area contributed by atoms with Crippen molar-refractivity contribution in [3.05, 3.63) is 66.7 Å². The van der Waals surface area contributed by atoms with E-state index in [9.17, 15) is 0 Å². The van der Waals surface area contributed by atoms with Gasteiger partial charge in [-0.15, -0.1) is 0 Å². The van der Waals surface area contributed by atoms with E-state index in [0.29, 0.717) is 13.2 Å². The molecule has 0 atom stereocenters. The van der Waals surface area contributed by atoms with Crippen molar-refractivity contribution in [1.82, 2.24) is 9.55 Å². The Labute approximate surface area is 142 Å². The van der Waals surface area contributed by atoms with Crippen molar-refractivity contribution in [3.63, 3.8) is 0 Å². The zero-order valence-electron chi connectivity index (χ0n) is 14.1. The maximum Gasteiger partial charge on any atom is 0.117 e. The third-order valence-electron chi connectivity index (χ3n) is 3.99. The number of aromatic nitrogens is 2. The number of hydrogen-bond donors (Lipinski definition) is 0. The molecule has 1 aromatic heterocycles. The maximum absolute atomic E-state index is 5.57. The van der Waals surface area contributed by atoms with E-state index in [0.717, 1.165) is 17.7 Å². The van der Waals surface area contributed by atoms with Crippen molar-refractivity contribution in [3.8, 4) is 0 Å². The van der Waals surface area contributed by atoms with Gasteiger partial charge >= 0.3 is 0 Å². The summed E-state index contributed by atoms with van der Waals surface area (Å²) in [6.45, 7) is 3.49. The minimum absolute atomic E-state index is 0.645. The van der Waals surface area contributed by atoms with Gasteiger partial charge in [-0.25, -0.2) is 4.98 Å². The average molecular weight is 321 g/mol. The van der Waals surface area contributed by atoms with Crippen molar-refractivity contribution >= 4 is 16.5 Å². The summed E-state index contributed by atoms with van der Waals surface area (Å²) in [5.74, 6) is 0. The van der Waals surface area contributed by atoms with E-state index in [1.165, 1.54) is 23.6 Å². The second kappa shape index (κ2) is 8.29. The molecule has 0 aliphatic carbocycles. The molecule has 0 saturated carbocycles. The highest BCUT2D eigenvalue weighted by Crippen LogP contribution is 2.17. The van der Waals surface area contributed by atoms with Crippen molar-refractivity contribution in [2.24, 2.45) is 5.16 Å². The van der Waals surface area contributed by atoms with Gasteiger partial charge in [0.2, 0.25) is 0 Å². The lowest BCUT2D eigenvalue weighted by Gasteiger charge is -2.09. The first kappa shape index (κ1) is 16.2. The molecule has 1 heterocycles. The molecule has 0 aliphatic heterocycles. The van der Waals surface area contributed by atoms with Crippen LogP contribution in [0.5, 0.6) is 0 Å². The summed E-state index contributed by atoms with van der Waals surface area (Å²) in [7, 11) is 0. The van der Waals surface area contributed by atoms with Crippen LogP contribution in [0.1, 0.15) is 31.7 Å². The van der Waals surface area contributed by atoms with Crippen LogP contribution in [0.25, 0.3) is 10.8 Å². The van der Waals surface area contributed by atoms with Gasteiger partial charge in [-0.2, -0.15) is 0 Å². The van der Waals surface area contributed by atoms with Crippen LogP contribution < -0.4 is 0 Å². The fourth-order valence-electron chi connectivity index (χ4n) is 2.64. The topological polar surface area (TPSA) is 39.4 Å². The number of nitrogens with zero attached hydrogens (tertiary/aromatic N) is 3. The number of hydrogen-bond acceptors (Lipinski definition) is 3. The zero-order chi connectivity index (χ0) is 16.6. The summed E-state index contributed by atoms with van der Waals surface area (Å²) in [5.41, 5.74) is 1.99. The molecule has 0 spiro atoms. The summed E-state index contributed by atoms with van der Waals surface area (Å²) in [4.78, 5) is 9.67. The lowest BCUT2D eigenvalue weighted by atomic mass is 10.0. The van der Waals surface area contributed by atoms with Gasteiger partial charge in [0.05, 0.1) is 12.9 Å². The number of imidazole rings is 1. The Bertz CT molecular complexity index is 794. The molecule has 0 amide bonds. The van der Waals surface area contributed by atoms with Gasteiger partial charge in [0, 0.05) is 18.0 Å². The predicted molar refractivity (Wildman–Crippen MR) is 98.2 cm³/mol. The lowest BCUT2D eigenvalue weighted by Crippen LogP contribution is -2.11. The van der Waals surface area contributed by atoms with Gasteiger partial charge < -0.3 is 9.40 Å². The fourth-order valence-corrected chi connectivity index (χ4v) is 2.64. The highest BCUT2D eigenvalue weighted by Gasteiger charge is 2.07. The van der Waals surface area contributed by atoms with E-state index in [1.54, 1.807) is 12.5 Å². The van der Waals surface area contributed by atoms with Crippen molar-refractivity contribution in [2.45, 2.75) is 32.7 Å². The van der Waals surface area contributed by atoms with Crippen LogP contribution in [0.2, 0.25) is 0 Å². The third-order valence-corrected chi connectivity index (χ3v) is 3.99. The van der Waals surface area contributed by atoms with Crippen LogP contribution in [0.4, 0.5) is 0 Å². The summed E-state index contributed by atoms with van der Waals surface area (Å²) in [5, 5.41) is 6.85. The smallest absolute Gasteiger partial charge is 0.117 e. The average Bonchev–Trinajstić information content (AvgIpc) is 3.13. The normalized spacial score (nSPS) is 11.8. The Balaban J connectivity index is 1.82. The van der Waals surface area contributed by atoms with E-state index >= 15 is 0 Å². The molecular weight excluding hydrogens is 298 g/mol. The Hall–Kier alpha value is -2.62. The van der Waals surface area contributed by atoms with Crippen LogP contribution in [-0.2, 0) is 11.4 Å². The first-order valence-electron chi connectivity index (χ1n) is 8.50. The van der Waals surface area contributed by atoms with Crippen LogP contribution in [-0.4, -0.2) is 21.9 Å². The van der Waals surface area contributed by atoms with Crippen LogP contribution in [0.15, 0.2) is 66.3 Å². The molecule has 3 rings (SSSR count). The molecular formula is C20H23N3O. The van der Waals surface area contributed by atoms with Crippen molar-refractivity contribution in [1.29, 1.82) is 0 Å². The van der Waals surface area contributed by atoms with E-state index in [4.69, 9.17) is 4.84 Å². The number of oxime groups is 1. The van der Waals surface area contributed by atoms with E-state index < -0.39 is 0 Å². The maximum atomic E-state index is 5.57. The standard InChI is InChI=1S/C20H23N3O/c1-2-3-6-13-24-22-20(15-23-12-11-21-16-23)19-10-9-17-7-4-5-8-18(17)14-19/h4-5,7-12,14,16H,2-3,6,13,15H2,1H3/b22-20+. The Morgan fingerprint density at radius 1 is 1.12 bits per heavy atom. The molecule has 124 valence electrons. The number of fused-ring (bicyclic) bond motifs is 1. The van der Waals surface area contributed by atoms with E-state index in [2.05, 4.69) is 59.5 Å². The van der Waals surface area contributed by atoms with Crippen LogP contribution >= 0.6 is 0 Å². The van der Waals surface area contributed by atoms with Gasteiger partial charge in [0.25, 0.3) is 0 Å². The fraction of sp³-hybridized carbons (Fsp3) is 0.300. The first-order valence-corrected chi connectivity index (χ1v) is 8.50. The Morgan fingerprint density at radius 2 is 2.00 bits per heavy atom. The minimum atomic E-state index is 0.645. The quantitative estimate of drug-likeness (QED) is 0.344. The van der Waals surface area contributed by atoms with Gasteiger partial charge in [0.1, 0.15) is 12.3 Å².